The maximum atomic E-state index is 10.2. The molecule has 0 amide bonds. The van der Waals surface area contributed by atoms with Crippen LogP contribution in [0.15, 0.2) is 0 Å². The molecule has 5 nitrogen and oxygen atoms in total. The third-order valence-electron chi connectivity index (χ3n) is 3.62. The van der Waals surface area contributed by atoms with Crippen molar-refractivity contribution < 1.29 is 19.2 Å². The Balaban J connectivity index is 2.18. The lowest BCUT2D eigenvalue weighted by Crippen LogP contribution is -2.58. The number of ether oxygens (including phenoxy) is 2. The fraction of sp³-hybridized carbons (Fsp3) is 0.909. The number of hydrogen-bond acceptors (Lipinski definition) is 5. The van der Waals surface area contributed by atoms with Crippen molar-refractivity contribution >= 4 is 13.9 Å². The fourth-order valence-corrected chi connectivity index (χ4v) is 2.63. The van der Waals surface area contributed by atoms with Crippen molar-refractivity contribution in [3.8, 4) is 0 Å². The van der Waals surface area contributed by atoms with Gasteiger partial charge in [-0.05, 0) is 33.1 Å². The van der Waals surface area contributed by atoms with E-state index in [1.165, 1.54) is 7.48 Å². The molecule has 1 heterocycles. The summed E-state index contributed by atoms with van der Waals surface area (Å²) < 4.78 is 16.5. The Kier molecular flexibility index (Phi) is 3.47. The van der Waals surface area contributed by atoms with E-state index in [2.05, 4.69) is 0 Å². The van der Waals surface area contributed by atoms with Gasteiger partial charge in [-0.2, -0.15) is 0 Å². The Labute approximate surface area is 102 Å². The predicted molar refractivity (Wildman–Crippen MR) is 63.1 cm³/mol. The van der Waals surface area contributed by atoms with Gasteiger partial charge in [-0.3, -0.25) is 5.41 Å². The molecule has 2 fully saturated rings. The maximum Gasteiger partial charge on any atom is 0.385 e. The summed E-state index contributed by atoms with van der Waals surface area (Å²) in [5, 5.41) is 16.5. The lowest BCUT2D eigenvalue weighted by molar-refractivity contribution is -0.304. The number of rotatable bonds is 3. The van der Waals surface area contributed by atoms with E-state index in [1.54, 1.807) is 0 Å². The minimum absolute atomic E-state index is 0.116. The van der Waals surface area contributed by atoms with E-state index >= 15 is 0 Å². The van der Waals surface area contributed by atoms with Crippen molar-refractivity contribution in [2.45, 2.75) is 56.4 Å². The monoisotopic (exact) mass is 240 g/mol. The number of nitrogens with one attached hydrogen (secondary N) is 1. The Bertz CT molecular complexity index is 299. The molecule has 0 aromatic carbocycles. The normalized spacial score (nSPS) is 40.2. The van der Waals surface area contributed by atoms with Crippen molar-refractivity contribution in [1.29, 1.82) is 5.41 Å². The molecule has 1 aliphatic carbocycles. The number of hydrogen-bond donors (Lipinski definition) is 2. The Morgan fingerprint density at radius 2 is 2.24 bits per heavy atom. The lowest BCUT2D eigenvalue weighted by Gasteiger charge is -2.52. The molecule has 0 bridgehead atoms. The topological polar surface area (TPSA) is 71.8 Å². The summed E-state index contributed by atoms with van der Waals surface area (Å²) in [6.45, 7) is 4.10. The Morgan fingerprint density at radius 1 is 1.47 bits per heavy atom. The van der Waals surface area contributed by atoms with Crippen LogP contribution >= 0.6 is 0 Å². The summed E-state index contributed by atoms with van der Waals surface area (Å²) in [7, 11) is 1.50. The molecule has 1 saturated heterocycles. The summed E-state index contributed by atoms with van der Waals surface area (Å²) in [5.74, 6) is -0.621. The maximum absolute atomic E-state index is 10.2. The summed E-state index contributed by atoms with van der Waals surface area (Å²) in [6.07, 6.45) is 2.71. The third-order valence-corrected chi connectivity index (χ3v) is 3.62. The molecule has 2 rings (SSSR count). The van der Waals surface area contributed by atoms with Crippen LogP contribution < -0.4 is 0 Å². The smallest absolute Gasteiger partial charge is 0.385 e. The highest BCUT2D eigenvalue weighted by Crippen LogP contribution is 2.49. The van der Waals surface area contributed by atoms with Crippen LogP contribution in [0.5, 0.6) is 0 Å². The average Bonchev–Trinajstić information content (AvgIpc) is 2.27. The molecule has 1 radical (unpaired) electrons. The zero-order valence-electron chi connectivity index (χ0n) is 10.3. The molecule has 0 aromatic rings. The van der Waals surface area contributed by atoms with Gasteiger partial charge >= 0.3 is 7.48 Å². The first-order chi connectivity index (χ1) is 8.00. The van der Waals surface area contributed by atoms with Crippen LogP contribution in [0.1, 0.15) is 33.1 Å². The van der Waals surface area contributed by atoms with Crippen LogP contribution in [0.3, 0.4) is 0 Å². The quantitative estimate of drug-likeness (QED) is 0.440. The minimum atomic E-state index is -0.647. The second-order valence-electron chi connectivity index (χ2n) is 5.23. The van der Waals surface area contributed by atoms with Crippen LogP contribution in [0.4, 0.5) is 0 Å². The zero-order valence-corrected chi connectivity index (χ0v) is 10.3. The van der Waals surface area contributed by atoms with Crippen molar-refractivity contribution in [3.63, 3.8) is 0 Å². The molecular weight excluding hydrogens is 221 g/mol. The van der Waals surface area contributed by atoms with E-state index in [1.807, 2.05) is 13.8 Å². The highest BCUT2D eigenvalue weighted by Gasteiger charge is 2.55. The number of aliphatic hydroxyl groups excluding tert-OH is 1. The standard InChI is InChI=1S/C11H19BNO4/c1-10(2)15-6-11(12-16-7-13)8(14)4-3-5-9(11)17-10/h7-9,13-14H,3-6H2,1-2H3/t8?,9?,11-/m1/s1. The second kappa shape index (κ2) is 4.59. The average molecular weight is 240 g/mol. The molecule has 17 heavy (non-hydrogen) atoms. The van der Waals surface area contributed by atoms with Gasteiger partial charge in [-0.15, -0.1) is 0 Å². The van der Waals surface area contributed by atoms with Gasteiger partial charge in [-0.25, -0.2) is 0 Å². The van der Waals surface area contributed by atoms with Crippen LogP contribution in [-0.4, -0.2) is 43.6 Å². The second-order valence-corrected chi connectivity index (χ2v) is 5.23. The van der Waals surface area contributed by atoms with Crippen molar-refractivity contribution in [2.24, 2.45) is 0 Å². The highest BCUT2D eigenvalue weighted by atomic mass is 16.7. The predicted octanol–water partition coefficient (Wildman–Crippen LogP) is 1.08. The molecular formula is C11H19BNO4. The summed E-state index contributed by atoms with van der Waals surface area (Å²) in [6, 6.07) is 0. The van der Waals surface area contributed by atoms with E-state index in [4.69, 9.17) is 19.5 Å². The summed E-state index contributed by atoms with van der Waals surface area (Å²) in [5.41, 5.74) is 0. The number of fused-ring (bicyclic) bond motifs is 1. The lowest BCUT2D eigenvalue weighted by atomic mass is 9.53. The van der Waals surface area contributed by atoms with Crippen LogP contribution in [0.2, 0.25) is 5.31 Å². The van der Waals surface area contributed by atoms with Gasteiger partial charge in [0, 0.05) is 0 Å². The first-order valence-corrected chi connectivity index (χ1v) is 5.99. The van der Waals surface area contributed by atoms with E-state index in [0.717, 1.165) is 19.2 Å². The first-order valence-electron chi connectivity index (χ1n) is 5.99. The van der Waals surface area contributed by atoms with E-state index < -0.39 is 17.2 Å². The van der Waals surface area contributed by atoms with Gasteiger partial charge in [0.15, 0.2) is 5.79 Å². The van der Waals surface area contributed by atoms with Gasteiger partial charge in [0.05, 0.1) is 24.1 Å². The molecule has 1 saturated carbocycles. The van der Waals surface area contributed by atoms with Crippen LogP contribution in [0, 0.1) is 5.41 Å². The van der Waals surface area contributed by atoms with Gasteiger partial charge < -0.3 is 19.2 Å². The van der Waals surface area contributed by atoms with Crippen molar-refractivity contribution in [1.82, 2.24) is 0 Å². The fourth-order valence-electron chi connectivity index (χ4n) is 2.63. The Morgan fingerprint density at radius 3 is 2.94 bits per heavy atom. The van der Waals surface area contributed by atoms with Gasteiger partial charge in [-0.1, -0.05) is 0 Å². The van der Waals surface area contributed by atoms with Crippen molar-refractivity contribution in [2.75, 3.05) is 6.61 Å². The summed E-state index contributed by atoms with van der Waals surface area (Å²) >= 11 is 0. The van der Waals surface area contributed by atoms with Gasteiger partial charge in [0.25, 0.3) is 0 Å². The van der Waals surface area contributed by atoms with Gasteiger partial charge in [0.1, 0.15) is 6.40 Å². The molecule has 2 unspecified atom stereocenters. The number of aliphatic hydroxyl groups is 1. The molecule has 0 aromatic heterocycles. The zero-order chi connectivity index (χ0) is 12.5. The Hall–Kier alpha value is -0.585. The van der Waals surface area contributed by atoms with E-state index in [0.29, 0.717) is 13.0 Å². The molecule has 3 atom stereocenters. The largest absolute Gasteiger partial charge is 0.555 e. The third kappa shape index (κ3) is 2.34. The van der Waals surface area contributed by atoms with Crippen LogP contribution in [0.25, 0.3) is 0 Å². The molecule has 2 aliphatic rings. The van der Waals surface area contributed by atoms with E-state index in [-0.39, 0.29) is 6.10 Å². The first kappa shape index (κ1) is 12.9. The van der Waals surface area contributed by atoms with E-state index in [9.17, 15) is 5.11 Å². The summed E-state index contributed by atoms with van der Waals surface area (Å²) in [4.78, 5) is 0. The minimum Gasteiger partial charge on any atom is -0.555 e. The SMILES string of the molecule is CC1(C)OC[C@@]2([B]OC=N)C(O)CCCC2O1. The molecule has 95 valence electrons. The van der Waals surface area contributed by atoms with Gasteiger partial charge in [0.2, 0.25) is 0 Å². The van der Waals surface area contributed by atoms with Crippen LogP contribution in [-0.2, 0) is 14.1 Å². The highest BCUT2D eigenvalue weighted by molar-refractivity contribution is 6.35. The molecule has 1 aliphatic heterocycles. The molecule has 0 spiro atoms. The molecule has 6 heteroatoms. The molecule has 2 N–H and O–H groups in total. The van der Waals surface area contributed by atoms with Crippen molar-refractivity contribution in [3.05, 3.63) is 0 Å².